The first-order valence-corrected chi connectivity index (χ1v) is 6.34. The SMILES string of the molecule is Brc1cccc2c3c(sc12)=CCCC=3. The predicted molar refractivity (Wildman–Crippen MR) is 66.9 cm³/mol. The van der Waals surface area contributed by atoms with E-state index in [1.54, 1.807) is 0 Å². The van der Waals surface area contributed by atoms with E-state index >= 15 is 0 Å². The molecule has 0 N–H and O–H groups in total. The minimum atomic E-state index is 1.19. The van der Waals surface area contributed by atoms with Gasteiger partial charge in [-0.05, 0) is 40.1 Å². The topological polar surface area (TPSA) is 0 Å². The van der Waals surface area contributed by atoms with Crippen LogP contribution >= 0.6 is 27.3 Å². The Morgan fingerprint density at radius 3 is 2.93 bits per heavy atom. The second-order valence-corrected chi connectivity index (χ2v) is 5.39. The molecule has 1 aromatic carbocycles. The summed E-state index contributed by atoms with van der Waals surface area (Å²) in [5.41, 5.74) is 0. The second kappa shape index (κ2) is 3.21. The highest BCUT2D eigenvalue weighted by atomic mass is 79.9. The summed E-state index contributed by atoms with van der Waals surface area (Å²) in [7, 11) is 0. The van der Waals surface area contributed by atoms with Gasteiger partial charge in [-0.15, -0.1) is 11.3 Å². The molecule has 2 aromatic rings. The van der Waals surface area contributed by atoms with Gasteiger partial charge >= 0.3 is 0 Å². The molecule has 14 heavy (non-hydrogen) atoms. The molecule has 3 rings (SSSR count). The van der Waals surface area contributed by atoms with Crippen LogP contribution in [0.5, 0.6) is 0 Å². The third-order valence-corrected chi connectivity index (χ3v) is 4.75. The normalized spacial score (nSPS) is 14.6. The van der Waals surface area contributed by atoms with Crippen molar-refractivity contribution in [3.05, 3.63) is 32.4 Å². The Balaban J connectivity index is 2.62. The van der Waals surface area contributed by atoms with E-state index in [0.29, 0.717) is 0 Å². The summed E-state index contributed by atoms with van der Waals surface area (Å²) >= 11 is 5.50. The summed E-state index contributed by atoms with van der Waals surface area (Å²) in [5.74, 6) is 0. The minimum absolute atomic E-state index is 1.19. The monoisotopic (exact) mass is 264 g/mol. The number of hydrogen-bond acceptors (Lipinski definition) is 1. The fourth-order valence-corrected chi connectivity index (χ4v) is 3.71. The molecule has 2 heteroatoms. The van der Waals surface area contributed by atoms with Gasteiger partial charge in [-0.1, -0.05) is 24.3 Å². The summed E-state index contributed by atoms with van der Waals surface area (Å²) in [6.07, 6.45) is 7.09. The van der Waals surface area contributed by atoms with Crippen molar-refractivity contribution in [2.45, 2.75) is 12.8 Å². The van der Waals surface area contributed by atoms with E-state index in [-0.39, 0.29) is 0 Å². The van der Waals surface area contributed by atoms with Crippen molar-refractivity contribution in [2.75, 3.05) is 0 Å². The number of rotatable bonds is 0. The van der Waals surface area contributed by atoms with Crippen LogP contribution in [0.2, 0.25) is 0 Å². The van der Waals surface area contributed by atoms with Gasteiger partial charge in [-0.3, -0.25) is 0 Å². The first kappa shape index (κ1) is 8.69. The molecule has 0 fully saturated rings. The summed E-state index contributed by atoms with van der Waals surface area (Å²) < 4.78 is 4.04. The van der Waals surface area contributed by atoms with Crippen molar-refractivity contribution in [1.82, 2.24) is 0 Å². The Bertz CT molecular complexity index is 607. The molecule has 1 aliphatic carbocycles. The van der Waals surface area contributed by atoms with E-state index in [0.717, 1.165) is 0 Å². The Hall–Kier alpha value is -0.600. The lowest BCUT2D eigenvalue weighted by Gasteiger charge is -1.94. The van der Waals surface area contributed by atoms with Gasteiger partial charge in [-0.25, -0.2) is 0 Å². The first-order chi connectivity index (χ1) is 6.86. The van der Waals surface area contributed by atoms with Crippen LogP contribution in [0, 0.1) is 0 Å². The number of thiophene rings is 1. The quantitative estimate of drug-likeness (QED) is 0.687. The van der Waals surface area contributed by atoms with Crippen LogP contribution in [0.15, 0.2) is 22.7 Å². The molecule has 0 saturated carbocycles. The van der Waals surface area contributed by atoms with Gasteiger partial charge in [0.15, 0.2) is 0 Å². The maximum Gasteiger partial charge on any atom is 0.0497 e. The lowest BCUT2D eigenvalue weighted by molar-refractivity contribution is 1.13. The Morgan fingerprint density at radius 2 is 2.00 bits per heavy atom. The number of fused-ring (bicyclic) bond motifs is 3. The van der Waals surface area contributed by atoms with Crippen molar-refractivity contribution in [3.8, 4) is 0 Å². The average molecular weight is 265 g/mol. The number of hydrogen-bond donors (Lipinski definition) is 0. The van der Waals surface area contributed by atoms with Crippen molar-refractivity contribution < 1.29 is 0 Å². The maximum atomic E-state index is 3.61. The van der Waals surface area contributed by atoms with Crippen LogP contribution in [0.25, 0.3) is 22.2 Å². The van der Waals surface area contributed by atoms with Gasteiger partial charge < -0.3 is 0 Å². The molecule has 0 atom stereocenters. The molecular formula is C12H9BrS. The van der Waals surface area contributed by atoms with Gasteiger partial charge in [0.05, 0.1) is 0 Å². The third-order valence-electron chi connectivity index (χ3n) is 2.58. The zero-order chi connectivity index (χ0) is 9.54. The van der Waals surface area contributed by atoms with Crippen molar-refractivity contribution in [2.24, 2.45) is 0 Å². The Labute approximate surface area is 94.7 Å². The van der Waals surface area contributed by atoms with Crippen molar-refractivity contribution >= 4 is 49.5 Å². The average Bonchev–Trinajstić information content (AvgIpc) is 2.59. The van der Waals surface area contributed by atoms with Gasteiger partial charge in [0, 0.05) is 19.1 Å². The van der Waals surface area contributed by atoms with E-state index in [1.165, 1.54) is 37.2 Å². The highest BCUT2D eigenvalue weighted by Crippen LogP contribution is 2.24. The zero-order valence-electron chi connectivity index (χ0n) is 7.59. The molecule has 70 valence electrons. The zero-order valence-corrected chi connectivity index (χ0v) is 9.99. The Morgan fingerprint density at radius 1 is 1.14 bits per heavy atom. The highest BCUT2D eigenvalue weighted by molar-refractivity contribution is 9.10. The number of halogens is 1. The van der Waals surface area contributed by atoms with Crippen LogP contribution in [0.3, 0.4) is 0 Å². The Kier molecular flexibility index (Phi) is 1.99. The highest BCUT2D eigenvalue weighted by Gasteiger charge is 2.05. The van der Waals surface area contributed by atoms with Gasteiger partial charge in [0.25, 0.3) is 0 Å². The van der Waals surface area contributed by atoms with Crippen LogP contribution < -0.4 is 9.75 Å². The van der Waals surface area contributed by atoms with Crippen LogP contribution in [0.4, 0.5) is 0 Å². The summed E-state index contributed by atoms with van der Waals surface area (Å²) in [5, 5.41) is 2.84. The summed E-state index contributed by atoms with van der Waals surface area (Å²) in [4.78, 5) is 0. The van der Waals surface area contributed by atoms with E-state index in [1.807, 2.05) is 11.3 Å². The third kappa shape index (κ3) is 1.17. The van der Waals surface area contributed by atoms with Crippen LogP contribution in [-0.4, -0.2) is 0 Å². The molecule has 0 aliphatic heterocycles. The van der Waals surface area contributed by atoms with Gasteiger partial charge in [0.1, 0.15) is 0 Å². The van der Waals surface area contributed by atoms with E-state index in [9.17, 15) is 0 Å². The summed E-state index contributed by atoms with van der Waals surface area (Å²) in [6.45, 7) is 0. The molecule has 1 aliphatic rings. The maximum absolute atomic E-state index is 3.61. The number of benzene rings is 1. The molecule has 0 amide bonds. The molecule has 0 saturated heterocycles. The largest absolute Gasteiger partial charge is 0.134 e. The van der Waals surface area contributed by atoms with Crippen LogP contribution in [0.1, 0.15) is 12.8 Å². The summed E-state index contributed by atoms with van der Waals surface area (Å²) in [6, 6.07) is 6.44. The molecule has 0 unspecified atom stereocenters. The fraction of sp³-hybridized carbons (Fsp3) is 0.167. The standard InChI is InChI=1S/C12H9BrS/c13-10-6-3-5-9-8-4-1-2-7-11(8)14-12(9)10/h3-7H,1-2H2. The van der Waals surface area contributed by atoms with E-state index in [2.05, 4.69) is 46.3 Å². The molecule has 0 radical (unpaired) electrons. The first-order valence-electron chi connectivity index (χ1n) is 4.74. The van der Waals surface area contributed by atoms with E-state index in [4.69, 9.17) is 0 Å². The lowest BCUT2D eigenvalue weighted by atomic mass is 10.1. The van der Waals surface area contributed by atoms with Gasteiger partial charge in [-0.2, -0.15) is 0 Å². The molecule has 0 nitrogen and oxygen atoms in total. The molecule has 1 aromatic heterocycles. The smallest absolute Gasteiger partial charge is 0.0497 e. The van der Waals surface area contributed by atoms with E-state index < -0.39 is 0 Å². The van der Waals surface area contributed by atoms with Crippen molar-refractivity contribution in [3.63, 3.8) is 0 Å². The van der Waals surface area contributed by atoms with Gasteiger partial charge in [0.2, 0.25) is 0 Å². The van der Waals surface area contributed by atoms with Crippen LogP contribution in [-0.2, 0) is 0 Å². The van der Waals surface area contributed by atoms with Crippen molar-refractivity contribution in [1.29, 1.82) is 0 Å². The molecule has 0 spiro atoms. The molecule has 1 heterocycles. The molecule has 0 bridgehead atoms. The molecular weight excluding hydrogens is 256 g/mol. The minimum Gasteiger partial charge on any atom is -0.134 e. The fourth-order valence-electron chi connectivity index (χ4n) is 1.93. The predicted octanol–water partition coefficient (Wildman–Crippen LogP) is 3.02. The lowest BCUT2D eigenvalue weighted by Crippen LogP contribution is -2.20. The second-order valence-electron chi connectivity index (χ2n) is 3.48.